The van der Waals surface area contributed by atoms with Crippen molar-refractivity contribution in [3.05, 3.63) is 64.6 Å². The van der Waals surface area contributed by atoms with Crippen LogP contribution in [-0.2, 0) is 4.79 Å². The van der Waals surface area contributed by atoms with Crippen LogP contribution in [0.3, 0.4) is 0 Å². The average Bonchev–Trinajstić information content (AvgIpc) is 2.48. The van der Waals surface area contributed by atoms with Gasteiger partial charge in [-0.25, -0.2) is 0 Å². The van der Waals surface area contributed by atoms with Gasteiger partial charge in [-0.2, -0.15) is 0 Å². The van der Waals surface area contributed by atoms with Crippen LogP contribution in [0.4, 0.5) is 0 Å². The number of carbonyl (C=O) groups excluding carboxylic acids is 1. The Morgan fingerprint density at radius 3 is 2.05 bits per heavy atom. The maximum atomic E-state index is 10.8. The molecule has 0 fully saturated rings. The van der Waals surface area contributed by atoms with Gasteiger partial charge < -0.3 is 5.32 Å². The van der Waals surface area contributed by atoms with Crippen molar-refractivity contribution >= 4 is 27.4 Å². The van der Waals surface area contributed by atoms with E-state index in [9.17, 15) is 4.79 Å². The van der Waals surface area contributed by atoms with Crippen molar-refractivity contribution in [1.29, 1.82) is 0 Å². The monoisotopic (exact) mass is 343 g/mol. The molecule has 0 bridgehead atoms. The first kappa shape index (κ1) is 15.5. The van der Waals surface area contributed by atoms with Gasteiger partial charge in [-0.15, -0.1) is 0 Å². The summed E-state index contributed by atoms with van der Waals surface area (Å²) in [5, 5.41) is 2.77. The van der Waals surface area contributed by atoms with E-state index >= 15 is 0 Å². The lowest BCUT2D eigenvalue weighted by Crippen LogP contribution is -2.19. The van der Waals surface area contributed by atoms with E-state index in [1.165, 1.54) is 23.6 Å². The Balaban J connectivity index is 2.11. The Morgan fingerprint density at radius 1 is 1.00 bits per heavy atom. The third-order valence-electron chi connectivity index (χ3n) is 3.28. The Kier molecular flexibility index (Phi) is 5.34. The predicted octanol–water partition coefficient (Wildman–Crippen LogP) is 4.66. The molecule has 2 aromatic carbocycles. The van der Waals surface area contributed by atoms with Crippen LogP contribution in [0.5, 0.6) is 0 Å². The number of rotatable bonds is 4. The molecule has 0 aliphatic heterocycles. The molecular formula is C18H18BrNO. The van der Waals surface area contributed by atoms with Crippen molar-refractivity contribution in [1.82, 2.24) is 5.32 Å². The fraction of sp³-hybridized carbons (Fsp3) is 0.167. The third kappa shape index (κ3) is 4.57. The highest BCUT2D eigenvalue weighted by atomic mass is 79.9. The summed E-state index contributed by atoms with van der Waals surface area (Å²) in [7, 11) is 0. The second-order valence-electron chi connectivity index (χ2n) is 4.91. The molecule has 0 spiro atoms. The van der Waals surface area contributed by atoms with Crippen LogP contribution in [0.25, 0.3) is 16.7 Å². The number of benzene rings is 2. The van der Waals surface area contributed by atoms with Crippen LogP contribution in [0.15, 0.2) is 59.1 Å². The highest BCUT2D eigenvalue weighted by molar-refractivity contribution is 9.10. The van der Waals surface area contributed by atoms with Crippen LogP contribution in [0.2, 0.25) is 0 Å². The Hall–Kier alpha value is -1.87. The second kappa shape index (κ2) is 7.23. The summed E-state index contributed by atoms with van der Waals surface area (Å²) in [6.07, 6.45) is 2.02. The molecule has 0 aliphatic carbocycles. The number of amides is 1. The van der Waals surface area contributed by atoms with E-state index in [0.717, 1.165) is 10.0 Å². The van der Waals surface area contributed by atoms with Gasteiger partial charge in [0.25, 0.3) is 0 Å². The molecule has 108 valence electrons. The van der Waals surface area contributed by atoms with E-state index in [1.807, 2.05) is 18.2 Å². The van der Waals surface area contributed by atoms with Gasteiger partial charge in [0.05, 0.1) is 0 Å². The van der Waals surface area contributed by atoms with Gasteiger partial charge in [-0.3, -0.25) is 4.79 Å². The Bertz CT molecular complexity index is 642. The van der Waals surface area contributed by atoms with E-state index in [4.69, 9.17) is 0 Å². The molecule has 2 aromatic rings. The molecule has 0 unspecified atom stereocenters. The molecule has 0 saturated heterocycles. The lowest BCUT2D eigenvalue weighted by Gasteiger charge is -2.06. The molecule has 1 amide bonds. The van der Waals surface area contributed by atoms with Crippen LogP contribution in [0.1, 0.15) is 19.4 Å². The number of hydrogen-bond donors (Lipinski definition) is 1. The van der Waals surface area contributed by atoms with Crippen molar-refractivity contribution in [2.75, 3.05) is 6.54 Å². The molecule has 1 N–H and O–H groups in total. The Morgan fingerprint density at radius 2 is 1.52 bits per heavy atom. The zero-order valence-corrected chi connectivity index (χ0v) is 13.8. The van der Waals surface area contributed by atoms with Gasteiger partial charge in [0.15, 0.2) is 0 Å². The summed E-state index contributed by atoms with van der Waals surface area (Å²) in [5.74, 6) is -0.00960. The van der Waals surface area contributed by atoms with Gasteiger partial charge in [0, 0.05) is 17.9 Å². The highest BCUT2D eigenvalue weighted by Gasteiger charge is 2.00. The molecule has 0 heterocycles. The van der Waals surface area contributed by atoms with Gasteiger partial charge in [0.1, 0.15) is 0 Å². The molecule has 0 aromatic heterocycles. The lowest BCUT2D eigenvalue weighted by atomic mass is 10.0. The van der Waals surface area contributed by atoms with Crippen molar-refractivity contribution in [2.24, 2.45) is 0 Å². The maximum absolute atomic E-state index is 10.8. The zero-order chi connectivity index (χ0) is 15.2. The number of halogens is 1. The first-order valence-corrected chi connectivity index (χ1v) is 7.63. The first-order chi connectivity index (χ1) is 10.1. The highest BCUT2D eigenvalue weighted by Crippen LogP contribution is 2.23. The largest absolute Gasteiger partial charge is 0.353 e. The van der Waals surface area contributed by atoms with E-state index in [-0.39, 0.29) is 5.91 Å². The molecule has 0 atom stereocenters. The molecule has 0 radical (unpaired) electrons. The molecule has 21 heavy (non-hydrogen) atoms. The SMILES string of the molecule is CC(=O)NCC=C(C)c1ccc(-c2ccc(Br)cc2)cc1. The summed E-state index contributed by atoms with van der Waals surface area (Å²) in [5.41, 5.74) is 4.72. The lowest BCUT2D eigenvalue weighted by molar-refractivity contribution is -0.118. The second-order valence-corrected chi connectivity index (χ2v) is 5.82. The number of nitrogens with one attached hydrogen (secondary N) is 1. The molecular weight excluding hydrogens is 326 g/mol. The van der Waals surface area contributed by atoms with Crippen LogP contribution in [0, 0.1) is 0 Å². The van der Waals surface area contributed by atoms with E-state index in [1.54, 1.807) is 0 Å². The minimum absolute atomic E-state index is 0.00960. The van der Waals surface area contributed by atoms with Crippen LogP contribution in [-0.4, -0.2) is 12.5 Å². The summed E-state index contributed by atoms with van der Waals surface area (Å²) in [6.45, 7) is 4.14. The normalized spacial score (nSPS) is 11.3. The summed E-state index contributed by atoms with van der Waals surface area (Å²) in [6, 6.07) is 16.7. The van der Waals surface area contributed by atoms with Gasteiger partial charge in [-0.05, 0) is 41.3 Å². The first-order valence-electron chi connectivity index (χ1n) is 6.84. The van der Waals surface area contributed by atoms with Gasteiger partial charge in [-0.1, -0.05) is 58.4 Å². The minimum Gasteiger partial charge on any atom is -0.353 e. The molecule has 2 rings (SSSR count). The van der Waals surface area contributed by atoms with E-state index < -0.39 is 0 Å². The van der Waals surface area contributed by atoms with Crippen molar-refractivity contribution in [3.8, 4) is 11.1 Å². The Labute approximate surface area is 134 Å². The van der Waals surface area contributed by atoms with Gasteiger partial charge in [0.2, 0.25) is 5.91 Å². The molecule has 2 nitrogen and oxygen atoms in total. The summed E-state index contributed by atoms with van der Waals surface area (Å²) < 4.78 is 1.08. The summed E-state index contributed by atoms with van der Waals surface area (Å²) >= 11 is 3.45. The molecule has 3 heteroatoms. The quantitative estimate of drug-likeness (QED) is 0.859. The fourth-order valence-electron chi connectivity index (χ4n) is 2.03. The number of carbonyl (C=O) groups is 1. The topological polar surface area (TPSA) is 29.1 Å². The van der Waals surface area contributed by atoms with Crippen LogP contribution < -0.4 is 5.32 Å². The number of allylic oxidation sites excluding steroid dienone is 1. The standard InChI is InChI=1S/C18H18BrNO/c1-13(11-12-20-14(2)21)15-3-5-16(6-4-15)17-7-9-18(19)10-8-17/h3-11H,12H2,1-2H3,(H,20,21). The molecule has 0 aliphatic rings. The van der Waals surface area contributed by atoms with Crippen LogP contribution >= 0.6 is 15.9 Å². The minimum atomic E-state index is -0.00960. The smallest absolute Gasteiger partial charge is 0.217 e. The van der Waals surface area contributed by atoms with Crippen molar-refractivity contribution in [3.63, 3.8) is 0 Å². The third-order valence-corrected chi connectivity index (χ3v) is 3.81. The van der Waals surface area contributed by atoms with E-state index in [2.05, 4.69) is 64.6 Å². The van der Waals surface area contributed by atoms with E-state index in [0.29, 0.717) is 6.54 Å². The maximum Gasteiger partial charge on any atom is 0.217 e. The fourth-order valence-corrected chi connectivity index (χ4v) is 2.30. The van der Waals surface area contributed by atoms with Gasteiger partial charge >= 0.3 is 0 Å². The summed E-state index contributed by atoms with van der Waals surface area (Å²) in [4.78, 5) is 10.8. The zero-order valence-electron chi connectivity index (χ0n) is 12.2. The molecule has 0 saturated carbocycles. The number of hydrogen-bond acceptors (Lipinski definition) is 1. The average molecular weight is 344 g/mol. The van der Waals surface area contributed by atoms with Crippen molar-refractivity contribution < 1.29 is 4.79 Å². The predicted molar refractivity (Wildman–Crippen MR) is 91.9 cm³/mol. The van der Waals surface area contributed by atoms with Crippen molar-refractivity contribution in [2.45, 2.75) is 13.8 Å².